The Bertz CT molecular complexity index is 563. The molecule has 1 atom stereocenters. The second-order valence-corrected chi connectivity index (χ2v) is 9.46. The van der Waals surface area contributed by atoms with Crippen LogP contribution in [0.1, 0.15) is 96.8 Å². The van der Waals surface area contributed by atoms with Crippen molar-refractivity contribution in [2.24, 2.45) is 9.81 Å². The van der Waals surface area contributed by atoms with Gasteiger partial charge < -0.3 is 0 Å². The van der Waals surface area contributed by atoms with Gasteiger partial charge in [-0.15, -0.1) is 0 Å². The fourth-order valence-corrected chi connectivity index (χ4v) is 3.86. The van der Waals surface area contributed by atoms with Crippen LogP contribution in [-0.2, 0) is 11.0 Å². The first-order valence-corrected chi connectivity index (χ1v) is 9.69. The summed E-state index contributed by atoms with van der Waals surface area (Å²) in [5, 5.41) is 0. The minimum atomic E-state index is -1.35. The molecule has 0 amide bonds. The quantitative estimate of drug-likeness (QED) is 0.589. The summed E-state index contributed by atoms with van der Waals surface area (Å²) in [6, 6.07) is 4.45. The summed E-state index contributed by atoms with van der Waals surface area (Å²) in [6.45, 7) is 19.3. The third kappa shape index (κ3) is 5.56. The van der Waals surface area contributed by atoms with Crippen LogP contribution in [0.4, 0.5) is 0 Å². The average Bonchev–Trinajstić information content (AvgIpc) is 2.42. The van der Waals surface area contributed by atoms with Gasteiger partial charge in [0, 0.05) is 6.21 Å². The smallest absolute Gasteiger partial charge is 0.172 e. The van der Waals surface area contributed by atoms with Crippen LogP contribution >= 0.6 is 0 Å². The fraction of sp³-hybridized carbons (Fsp3) is 0.650. The van der Waals surface area contributed by atoms with Crippen LogP contribution in [0.25, 0.3) is 0 Å². The van der Waals surface area contributed by atoms with E-state index in [1.54, 1.807) is 0 Å². The largest absolute Gasteiger partial charge is 0.229 e. The van der Waals surface area contributed by atoms with Gasteiger partial charge >= 0.3 is 0 Å². The Labute approximate surface area is 145 Å². The zero-order chi connectivity index (χ0) is 17.9. The van der Waals surface area contributed by atoms with Gasteiger partial charge in [0.2, 0.25) is 0 Å². The van der Waals surface area contributed by atoms with E-state index in [4.69, 9.17) is 0 Å². The van der Waals surface area contributed by atoms with Crippen LogP contribution in [0.3, 0.4) is 0 Å². The molecule has 1 unspecified atom stereocenters. The SMILES string of the molecule is CC(C)c1cc(C(C)C)c(S(=O)N=CC(C)(C)C)c(C(C)C)c1. The van der Waals surface area contributed by atoms with E-state index in [9.17, 15) is 4.21 Å². The Morgan fingerprint density at radius 2 is 1.35 bits per heavy atom. The Morgan fingerprint density at radius 1 is 0.913 bits per heavy atom. The van der Waals surface area contributed by atoms with Crippen molar-refractivity contribution < 1.29 is 4.21 Å². The second-order valence-electron chi connectivity index (χ2n) is 8.34. The van der Waals surface area contributed by atoms with Gasteiger partial charge in [0.25, 0.3) is 0 Å². The molecule has 0 N–H and O–H groups in total. The van der Waals surface area contributed by atoms with Gasteiger partial charge in [0.05, 0.1) is 4.90 Å². The summed E-state index contributed by atoms with van der Waals surface area (Å²) >= 11 is 0. The van der Waals surface area contributed by atoms with Gasteiger partial charge in [0.15, 0.2) is 11.0 Å². The number of rotatable bonds is 5. The molecule has 0 radical (unpaired) electrons. The molecule has 0 saturated heterocycles. The van der Waals surface area contributed by atoms with Crippen molar-refractivity contribution in [3.8, 4) is 0 Å². The highest BCUT2D eigenvalue weighted by Crippen LogP contribution is 2.34. The van der Waals surface area contributed by atoms with E-state index in [2.05, 4.69) is 78.8 Å². The molecule has 130 valence electrons. The van der Waals surface area contributed by atoms with Gasteiger partial charge in [0.1, 0.15) is 0 Å². The maximum absolute atomic E-state index is 12.9. The molecule has 0 aliphatic rings. The van der Waals surface area contributed by atoms with Crippen molar-refractivity contribution >= 4 is 17.2 Å². The molecule has 1 aromatic rings. The summed E-state index contributed by atoms with van der Waals surface area (Å²) in [6.07, 6.45) is 1.81. The van der Waals surface area contributed by atoms with Crippen molar-refractivity contribution in [3.63, 3.8) is 0 Å². The molecule has 2 nitrogen and oxygen atoms in total. The third-order valence-corrected chi connectivity index (χ3v) is 4.91. The molecule has 0 aliphatic heterocycles. The summed E-state index contributed by atoms with van der Waals surface area (Å²) in [5.74, 6) is 1.12. The van der Waals surface area contributed by atoms with Crippen LogP contribution in [0, 0.1) is 5.41 Å². The minimum Gasteiger partial charge on any atom is -0.229 e. The van der Waals surface area contributed by atoms with E-state index in [1.807, 2.05) is 6.21 Å². The molecular weight excluding hydrogens is 302 g/mol. The van der Waals surface area contributed by atoms with Crippen LogP contribution < -0.4 is 0 Å². The van der Waals surface area contributed by atoms with Gasteiger partial charge in [-0.2, -0.15) is 4.40 Å². The van der Waals surface area contributed by atoms with Gasteiger partial charge in [-0.25, -0.2) is 4.21 Å². The zero-order valence-corrected chi connectivity index (χ0v) is 17.0. The topological polar surface area (TPSA) is 29.4 Å². The van der Waals surface area contributed by atoms with Crippen LogP contribution in [-0.4, -0.2) is 10.4 Å². The van der Waals surface area contributed by atoms with Crippen molar-refractivity contribution in [1.82, 2.24) is 0 Å². The lowest BCUT2D eigenvalue weighted by Gasteiger charge is -2.21. The van der Waals surface area contributed by atoms with Gasteiger partial charge in [-0.1, -0.05) is 74.4 Å². The lowest BCUT2D eigenvalue weighted by molar-refractivity contribution is 0.607. The van der Waals surface area contributed by atoms with Crippen molar-refractivity contribution in [2.75, 3.05) is 0 Å². The first kappa shape index (κ1) is 20.1. The lowest BCUT2D eigenvalue weighted by atomic mass is 9.89. The molecule has 1 aromatic carbocycles. The van der Waals surface area contributed by atoms with Crippen LogP contribution in [0.15, 0.2) is 21.4 Å². The first-order chi connectivity index (χ1) is 10.4. The average molecular weight is 336 g/mol. The molecule has 0 saturated carbocycles. The standard InChI is InChI=1S/C20H33NOS/c1-13(2)16-10-17(14(3)4)19(18(11-16)15(5)6)23(22)21-12-20(7,8)9/h10-15H,1-9H3. The van der Waals surface area contributed by atoms with E-state index in [1.165, 1.54) is 16.7 Å². The monoisotopic (exact) mass is 335 g/mol. The summed E-state index contributed by atoms with van der Waals surface area (Å²) in [7, 11) is -1.35. The molecular formula is C20H33NOS. The fourth-order valence-electron chi connectivity index (χ4n) is 2.35. The van der Waals surface area contributed by atoms with E-state index < -0.39 is 11.0 Å². The van der Waals surface area contributed by atoms with Gasteiger partial charge in [-0.3, -0.25) is 0 Å². The van der Waals surface area contributed by atoms with Crippen LogP contribution in [0.5, 0.6) is 0 Å². The predicted octanol–water partition coefficient (Wildman–Crippen LogP) is 6.20. The van der Waals surface area contributed by atoms with Gasteiger partial charge in [-0.05, 0) is 39.9 Å². The molecule has 0 bridgehead atoms. The number of hydrogen-bond acceptors (Lipinski definition) is 1. The highest BCUT2D eigenvalue weighted by atomic mass is 32.2. The van der Waals surface area contributed by atoms with Crippen molar-refractivity contribution in [2.45, 2.75) is 85.0 Å². The highest BCUT2D eigenvalue weighted by Gasteiger charge is 2.21. The van der Waals surface area contributed by atoms with E-state index in [-0.39, 0.29) is 5.41 Å². The number of benzene rings is 1. The minimum absolute atomic E-state index is 0.0660. The molecule has 0 spiro atoms. The maximum atomic E-state index is 12.9. The normalized spacial score (nSPS) is 14.4. The third-order valence-electron chi connectivity index (χ3n) is 3.79. The Morgan fingerprint density at radius 3 is 1.65 bits per heavy atom. The number of nitrogens with zero attached hydrogens (tertiary/aromatic N) is 1. The summed E-state index contributed by atoms with van der Waals surface area (Å²) < 4.78 is 17.3. The molecule has 0 aliphatic carbocycles. The van der Waals surface area contributed by atoms with E-state index in [0.29, 0.717) is 17.8 Å². The van der Waals surface area contributed by atoms with Crippen LogP contribution in [0.2, 0.25) is 0 Å². The lowest BCUT2D eigenvalue weighted by Crippen LogP contribution is -2.10. The molecule has 0 heterocycles. The Balaban J connectivity index is 3.55. The molecule has 23 heavy (non-hydrogen) atoms. The molecule has 3 heteroatoms. The van der Waals surface area contributed by atoms with Crippen molar-refractivity contribution in [1.29, 1.82) is 0 Å². The number of hydrogen-bond donors (Lipinski definition) is 0. The molecule has 0 fully saturated rings. The summed E-state index contributed by atoms with van der Waals surface area (Å²) in [4.78, 5) is 0.917. The Hall–Kier alpha value is -0.960. The molecule has 1 rings (SSSR count). The molecule has 0 aromatic heterocycles. The predicted molar refractivity (Wildman–Crippen MR) is 103 cm³/mol. The van der Waals surface area contributed by atoms with E-state index >= 15 is 0 Å². The highest BCUT2D eigenvalue weighted by molar-refractivity contribution is 7.84. The maximum Gasteiger partial charge on any atom is 0.172 e. The summed E-state index contributed by atoms with van der Waals surface area (Å²) in [5.41, 5.74) is 3.59. The Kier molecular flexibility index (Phi) is 6.76. The van der Waals surface area contributed by atoms with E-state index in [0.717, 1.165) is 4.90 Å². The zero-order valence-electron chi connectivity index (χ0n) is 16.2. The first-order valence-electron chi connectivity index (χ1n) is 8.59. The van der Waals surface area contributed by atoms with Crippen molar-refractivity contribution in [3.05, 3.63) is 28.8 Å². The second kappa shape index (κ2) is 7.74.